The molecule has 0 saturated carbocycles. The van der Waals surface area contributed by atoms with Gasteiger partial charge in [-0.2, -0.15) is 0 Å². The van der Waals surface area contributed by atoms with E-state index in [4.69, 9.17) is 14.3 Å². The highest BCUT2D eigenvalue weighted by molar-refractivity contribution is 5.70. The first-order chi connectivity index (χ1) is 13.7. The molecule has 0 atom stereocenters. The SMILES string of the molecule is Cc1oc(OC(=O)O)cc1COc1ccc(-c2ccccc2OC(F)(F)F)cc1. The Hall–Kier alpha value is -3.62. The van der Waals surface area contributed by atoms with E-state index >= 15 is 0 Å². The van der Waals surface area contributed by atoms with Crippen molar-refractivity contribution in [3.05, 3.63) is 65.9 Å². The molecule has 1 N–H and O–H groups in total. The Morgan fingerprint density at radius 2 is 1.79 bits per heavy atom. The molecule has 1 aromatic heterocycles. The number of hydrogen-bond acceptors (Lipinski definition) is 5. The van der Waals surface area contributed by atoms with Gasteiger partial charge in [0.1, 0.15) is 23.9 Å². The van der Waals surface area contributed by atoms with Crippen LogP contribution in [0.4, 0.5) is 18.0 Å². The summed E-state index contributed by atoms with van der Waals surface area (Å²) in [5, 5.41) is 8.59. The molecule has 0 aliphatic rings. The highest BCUT2D eigenvalue weighted by Crippen LogP contribution is 2.34. The monoisotopic (exact) mass is 408 g/mol. The van der Waals surface area contributed by atoms with E-state index < -0.39 is 12.5 Å². The Morgan fingerprint density at radius 3 is 2.45 bits per heavy atom. The van der Waals surface area contributed by atoms with Crippen LogP contribution in [0.2, 0.25) is 0 Å². The van der Waals surface area contributed by atoms with Gasteiger partial charge in [0.25, 0.3) is 5.95 Å². The molecule has 0 saturated heterocycles. The van der Waals surface area contributed by atoms with Crippen molar-refractivity contribution in [3.8, 4) is 28.6 Å². The molecule has 0 aliphatic carbocycles. The normalized spacial score (nSPS) is 11.2. The van der Waals surface area contributed by atoms with Crippen LogP contribution in [0.1, 0.15) is 11.3 Å². The van der Waals surface area contributed by atoms with Crippen LogP contribution in [0, 0.1) is 6.92 Å². The number of furan rings is 1. The van der Waals surface area contributed by atoms with Crippen molar-refractivity contribution in [3.63, 3.8) is 0 Å². The molecular weight excluding hydrogens is 393 g/mol. The molecule has 9 heteroatoms. The molecular formula is C20H15F3O6. The van der Waals surface area contributed by atoms with Crippen LogP contribution in [0.25, 0.3) is 11.1 Å². The third-order valence-corrected chi connectivity index (χ3v) is 3.86. The number of halogens is 3. The second-order valence-corrected chi connectivity index (χ2v) is 5.87. The fourth-order valence-electron chi connectivity index (χ4n) is 2.58. The molecule has 152 valence electrons. The summed E-state index contributed by atoms with van der Waals surface area (Å²) < 4.78 is 57.0. The summed E-state index contributed by atoms with van der Waals surface area (Å²) >= 11 is 0. The third-order valence-electron chi connectivity index (χ3n) is 3.86. The summed E-state index contributed by atoms with van der Waals surface area (Å²) in [4.78, 5) is 10.5. The van der Waals surface area contributed by atoms with Crippen molar-refractivity contribution in [2.24, 2.45) is 0 Å². The molecule has 0 radical (unpaired) electrons. The third kappa shape index (κ3) is 5.44. The molecule has 29 heavy (non-hydrogen) atoms. The number of alkyl halides is 3. The minimum atomic E-state index is -4.79. The molecule has 0 bridgehead atoms. The van der Waals surface area contributed by atoms with Crippen molar-refractivity contribution in [1.82, 2.24) is 0 Å². The summed E-state index contributed by atoms with van der Waals surface area (Å²) in [5.74, 6) is 0.444. The molecule has 0 spiro atoms. The summed E-state index contributed by atoms with van der Waals surface area (Å²) in [6.07, 6.45) is -6.28. The van der Waals surface area contributed by atoms with Crippen molar-refractivity contribution in [2.75, 3.05) is 0 Å². The molecule has 3 aromatic rings. The minimum Gasteiger partial charge on any atom is -0.489 e. The van der Waals surface area contributed by atoms with Gasteiger partial charge < -0.3 is 23.7 Å². The molecule has 0 aliphatic heterocycles. The van der Waals surface area contributed by atoms with Crippen LogP contribution in [0.3, 0.4) is 0 Å². The van der Waals surface area contributed by atoms with E-state index in [2.05, 4.69) is 9.47 Å². The summed E-state index contributed by atoms with van der Waals surface area (Å²) in [6, 6.07) is 13.7. The maximum Gasteiger partial charge on any atom is 0.573 e. The largest absolute Gasteiger partial charge is 0.573 e. The van der Waals surface area contributed by atoms with Crippen molar-refractivity contribution in [1.29, 1.82) is 0 Å². The number of ether oxygens (including phenoxy) is 3. The van der Waals surface area contributed by atoms with Gasteiger partial charge in [-0.3, -0.25) is 0 Å². The zero-order valence-corrected chi connectivity index (χ0v) is 15.0. The van der Waals surface area contributed by atoms with Crippen LogP contribution in [0.5, 0.6) is 17.4 Å². The maximum absolute atomic E-state index is 12.6. The number of hydrogen-bond donors (Lipinski definition) is 1. The van der Waals surface area contributed by atoms with Gasteiger partial charge in [0.15, 0.2) is 0 Å². The summed E-state index contributed by atoms with van der Waals surface area (Å²) in [7, 11) is 0. The van der Waals surface area contributed by atoms with Gasteiger partial charge >= 0.3 is 12.5 Å². The van der Waals surface area contributed by atoms with Crippen LogP contribution in [-0.4, -0.2) is 17.6 Å². The van der Waals surface area contributed by atoms with E-state index in [0.717, 1.165) is 0 Å². The average molecular weight is 408 g/mol. The lowest BCUT2D eigenvalue weighted by Crippen LogP contribution is -2.17. The van der Waals surface area contributed by atoms with Crippen LogP contribution < -0.4 is 14.2 Å². The standard InChI is InChI=1S/C20H15F3O6/c1-12-14(10-18(27-12)28-19(24)25)11-26-15-8-6-13(7-9-15)16-4-2-3-5-17(16)29-20(21,22)23/h2-10H,11H2,1H3,(H,24,25). The van der Waals surface area contributed by atoms with Gasteiger partial charge in [-0.15, -0.1) is 13.2 Å². The fourth-order valence-corrected chi connectivity index (χ4v) is 2.58. The van der Waals surface area contributed by atoms with Gasteiger partial charge in [0, 0.05) is 17.2 Å². The van der Waals surface area contributed by atoms with E-state index in [0.29, 0.717) is 22.6 Å². The Morgan fingerprint density at radius 1 is 1.10 bits per heavy atom. The first-order valence-electron chi connectivity index (χ1n) is 8.29. The number of aryl methyl sites for hydroxylation is 1. The van der Waals surface area contributed by atoms with Crippen LogP contribution >= 0.6 is 0 Å². The quantitative estimate of drug-likeness (QED) is 0.520. The second kappa shape index (κ2) is 8.17. The number of rotatable bonds is 6. The second-order valence-electron chi connectivity index (χ2n) is 5.87. The van der Waals surface area contributed by atoms with Crippen molar-refractivity contribution < 1.29 is 41.7 Å². The predicted molar refractivity (Wildman–Crippen MR) is 95.0 cm³/mol. The number of carbonyl (C=O) groups is 1. The predicted octanol–water partition coefficient (Wildman–Crippen LogP) is 5.79. The lowest BCUT2D eigenvalue weighted by molar-refractivity contribution is -0.274. The van der Waals surface area contributed by atoms with E-state index in [1.165, 1.54) is 24.3 Å². The van der Waals surface area contributed by atoms with E-state index in [9.17, 15) is 18.0 Å². The molecule has 0 unspecified atom stereocenters. The highest BCUT2D eigenvalue weighted by atomic mass is 19.4. The highest BCUT2D eigenvalue weighted by Gasteiger charge is 2.32. The first kappa shape index (κ1) is 20.1. The molecule has 2 aromatic carbocycles. The average Bonchev–Trinajstić information content (AvgIpc) is 2.98. The van der Waals surface area contributed by atoms with Crippen LogP contribution in [0.15, 0.2) is 59.0 Å². The summed E-state index contributed by atoms with van der Waals surface area (Å²) in [5.41, 5.74) is 1.40. The fraction of sp³-hybridized carbons (Fsp3) is 0.150. The van der Waals surface area contributed by atoms with Gasteiger partial charge in [0.2, 0.25) is 0 Å². The maximum atomic E-state index is 12.6. The zero-order chi connectivity index (χ0) is 21.0. The zero-order valence-electron chi connectivity index (χ0n) is 15.0. The molecule has 6 nitrogen and oxygen atoms in total. The summed E-state index contributed by atoms with van der Waals surface area (Å²) in [6.45, 7) is 1.72. The van der Waals surface area contributed by atoms with Gasteiger partial charge in [-0.25, -0.2) is 4.79 Å². The lowest BCUT2D eigenvalue weighted by Gasteiger charge is -2.13. The van der Waals surface area contributed by atoms with Crippen LogP contribution in [-0.2, 0) is 6.61 Å². The Labute approximate surface area is 163 Å². The minimum absolute atomic E-state index is 0.0887. The lowest BCUT2D eigenvalue weighted by atomic mass is 10.0. The Bertz CT molecular complexity index is 992. The van der Waals surface area contributed by atoms with Gasteiger partial charge in [-0.1, -0.05) is 30.3 Å². The van der Waals surface area contributed by atoms with Crippen molar-refractivity contribution in [2.45, 2.75) is 19.9 Å². The smallest absolute Gasteiger partial charge is 0.489 e. The molecule has 1 heterocycles. The van der Waals surface area contributed by atoms with E-state index in [-0.39, 0.29) is 23.9 Å². The molecule has 3 rings (SSSR count). The first-order valence-corrected chi connectivity index (χ1v) is 8.29. The number of para-hydroxylation sites is 1. The van der Waals surface area contributed by atoms with E-state index in [1.807, 2.05) is 0 Å². The van der Waals surface area contributed by atoms with Crippen molar-refractivity contribution >= 4 is 6.16 Å². The topological polar surface area (TPSA) is 78.1 Å². The van der Waals surface area contributed by atoms with Gasteiger partial charge in [-0.05, 0) is 30.7 Å². The Balaban J connectivity index is 1.70. The Kier molecular flexibility index (Phi) is 5.67. The number of benzene rings is 2. The molecule has 0 amide bonds. The number of carboxylic acid groups (broad SMARTS) is 1. The van der Waals surface area contributed by atoms with E-state index in [1.54, 1.807) is 37.3 Å². The molecule has 0 fully saturated rings. The van der Waals surface area contributed by atoms with Gasteiger partial charge in [0.05, 0.1) is 0 Å².